The summed E-state index contributed by atoms with van der Waals surface area (Å²) in [5.41, 5.74) is 0.299. The number of thioether (sulfide) groups is 1. The molecule has 1 atom stereocenters. The van der Waals surface area contributed by atoms with Gasteiger partial charge in [-0.05, 0) is 24.7 Å². The van der Waals surface area contributed by atoms with Crippen LogP contribution in [-0.4, -0.2) is 52.6 Å². The number of hydrogen-bond acceptors (Lipinski definition) is 3. The lowest BCUT2D eigenvalue weighted by Gasteiger charge is -2.33. The van der Waals surface area contributed by atoms with Gasteiger partial charge in [-0.1, -0.05) is 13.3 Å². The van der Waals surface area contributed by atoms with Gasteiger partial charge in [0.25, 0.3) is 0 Å². The molecule has 0 spiro atoms. The first-order valence-electron chi connectivity index (χ1n) is 6.93. The number of carbonyl (C=O) groups excluding carboxylic acids is 1. The molecule has 1 aliphatic carbocycles. The highest BCUT2D eigenvalue weighted by Crippen LogP contribution is 2.48. The van der Waals surface area contributed by atoms with Crippen LogP contribution in [0.4, 0.5) is 4.79 Å². The van der Waals surface area contributed by atoms with E-state index in [1.54, 1.807) is 11.8 Å². The molecule has 1 aliphatic heterocycles. The number of nitrogens with one attached hydrogen (secondary N) is 1. The van der Waals surface area contributed by atoms with E-state index in [-0.39, 0.29) is 6.03 Å². The number of nitrogens with zero attached hydrogens (tertiary/aromatic N) is 1. The predicted octanol–water partition coefficient (Wildman–Crippen LogP) is 1.78. The zero-order valence-corrected chi connectivity index (χ0v) is 12.2. The Kier molecular flexibility index (Phi) is 4.60. The number of carboxylic acids is 1. The molecule has 108 valence electrons. The third-order valence-electron chi connectivity index (χ3n) is 4.03. The number of hydrogen-bond donors (Lipinski definition) is 2. The molecule has 0 radical (unpaired) electrons. The van der Waals surface area contributed by atoms with Crippen LogP contribution in [0.2, 0.25) is 0 Å². The van der Waals surface area contributed by atoms with E-state index in [1.807, 2.05) is 0 Å². The average Bonchev–Trinajstić information content (AvgIpc) is 3.17. The quantitative estimate of drug-likeness (QED) is 0.808. The monoisotopic (exact) mass is 286 g/mol. The number of rotatable bonds is 5. The van der Waals surface area contributed by atoms with Crippen molar-refractivity contribution in [3.63, 3.8) is 0 Å². The van der Waals surface area contributed by atoms with Crippen molar-refractivity contribution in [1.82, 2.24) is 10.2 Å². The Morgan fingerprint density at radius 3 is 2.79 bits per heavy atom. The molecule has 1 unspecified atom stereocenters. The summed E-state index contributed by atoms with van der Waals surface area (Å²) in [4.78, 5) is 24.8. The minimum absolute atomic E-state index is 0.213. The van der Waals surface area contributed by atoms with Gasteiger partial charge in [-0.3, -0.25) is 0 Å². The van der Waals surface area contributed by atoms with Crippen molar-refractivity contribution in [3.05, 3.63) is 0 Å². The first-order valence-corrected chi connectivity index (χ1v) is 8.08. The van der Waals surface area contributed by atoms with Gasteiger partial charge in [0, 0.05) is 24.6 Å². The Morgan fingerprint density at radius 1 is 1.47 bits per heavy atom. The van der Waals surface area contributed by atoms with E-state index in [4.69, 9.17) is 5.11 Å². The van der Waals surface area contributed by atoms with Crippen LogP contribution in [-0.2, 0) is 4.79 Å². The lowest BCUT2D eigenvalue weighted by molar-refractivity contribution is -0.141. The lowest BCUT2D eigenvalue weighted by atomic mass is 10.0. The van der Waals surface area contributed by atoms with Crippen molar-refractivity contribution in [2.45, 2.75) is 38.6 Å². The normalized spacial score (nSPS) is 24.9. The van der Waals surface area contributed by atoms with Crippen LogP contribution >= 0.6 is 11.8 Å². The molecule has 2 N–H and O–H groups in total. The van der Waals surface area contributed by atoms with Crippen molar-refractivity contribution in [3.8, 4) is 0 Å². The summed E-state index contributed by atoms with van der Waals surface area (Å²) in [6.07, 6.45) is 4.64. The first kappa shape index (κ1) is 14.5. The Hall–Kier alpha value is -0.910. The zero-order valence-electron chi connectivity index (χ0n) is 11.4. The van der Waals surface area contributed by atoms with Crippen LogP contribution in [0.5, 0.6) is 0 Å². The van der Waals surface area contributed by atoms with E-state index in [2.05, 4.69) is 12.2 Å². The minimum atomic E-state index is -0.906. The number of urea groups is 1. The molecule has 6 heteroatoms. The molecular formula is C13H22N2O3S. The largest absolute Gasteiger partial charge is 0.480 e. The molecular weight excluding hydrogens is 264 g/mol. The fourth-order valence-corrected chi connectivity index (χ4v) is 3.68. The van der Waals surface area contributed by atoms with Crippen LogP contribution in [0.3, 0.4) is 0 Å². The summed E-state index contributed by atoms with van der Waals surface area (Å²) in [7, 11) is 0. The highest BCUT2D eigenvalue weighted by atomic mass is 32.2. The van der Waals surface area contributed by atoms with Crippen LogP contribution in [0, 0.1) is 5.41 Å². The topological polar surface area (TPSA) is 69.6 Å². The number of carboxylic acid groups (broad SMARTS) is 1. The molecule has 1 saturated heterocycles. The van der Waals surface area contributed by atoms with Crippen molar-refractivity contribution in [2.75, 3.05) is 24.6 Å². The first-order chi connectivity index (χ1) is 9.08. The van der Waals surface area contributed by atoms with Crippen LogP contribution < -0.4 is 5.32 Å². The fraction of sp³-hybridized carbons (Fsp3) is 0.846. The second kappa shape index (κ2) is 6.03. The molecule has 1 saturated carbocycles. The maximum Gasteiger partial charge on any atom is 0.327 e. The van der Waals surface area contributed by atoms with Crippen LogP contribution in [0.25, 0.3) is 0 Å². The summed E-state index contributed by atoms with van der Waals surface area (Å²) in [6, 6.07) is -0.893. The average molecular weight is 286 g/mol. The highest BCUT2D eigenvalue weighted by molar-refractivity contribution is 7.99. The van der Waals surface area contributed by atoms with Gasteiger partial charge in [0.15, 0.2) is 0 Å². The van der Waals surface area contributed by atoms with Gasteiger partial charge < -0.3 is 15.3 Å². The number of amides is 2. The van der Waals surface area contributed by atoms with Gasteiger partial charge in [0.1, 0.15) is 6.04 Å². The molecule has 1 heterocycles. The van der Waals surface area contributed by atoms with E-state index in [0.717, 1.165) is 18.6 Å². The molecule has 2 aliphatic rings. The summed E-state index contributed by atoms with van der Waals surface area (Å²) < 4.78 is 0. The molecule has 0 aromatic heterocycles. The Morgan fingerprint density at radius 2 is 2.21 bits per heavy atom. The van der Waals surface area contributed by atoms with Crippen LogP contribution in [0.15, 0.2) is 0 Å². The fourth-order valence-electron chi connectivity index (χ4n) is 2.64. The maximum atomic E-state index is 12.1. The van der Waals surface area contributed by atoms with E-state index in [0.29, 0.717) is 24.3 Å². The third kappa shape index (κ3) is 3.55. The number of carbonyl (C=O) groups is 2. The van der Waals surface area contributed by atoms with E-state index in [1.165, 1.54) is 17.7 Å². The SMILES string of the molecule is CCCC1(CNC(=O)N2CCSCC2C(=O)O)CC1. The standard InChI is InChI=1S/C13H22N2O3S/c1-2-3-13(4-5-13)9-14-12(18)15-6-7-19-8-10(15)11(16)17/h10H,2-9H2,1H3,(H,14,18)(H,16,17). The Bertz CT molecular complexity index is 358. The van der Waals surface area contributed by atoms with E-state index in [9.17, 15) is 9.59 Å². The molecule has 2 amide bonds. The van der Waals surface area contributed by atoms with Gasteiger partial charge in [-0.25, -0.2) is 9.59 Å². The second-order valence-electron chi connectivity index (χ2n) is 5.53. The van der Waals surface area contributed by atoms with Crippen molar-refractivity contribution < 1.29 is 14.7 Å². The van der Waals surface area contributed by atoms with Gasteiger partial charge in [-0.15, -0.1) is 0 Å². The summed E-state index contributed by atoms with van der Waals surface area (Å²) >= 11 is 1.59. The highest BCUT2D eigenvalue weighted by Gasteiger charge is 2.42. The summed E-state index contributed by atoms with van der Waals surface area (Å²) in [6.45, 7) is 3.37. The Balaban J connectivity index is 1.86. The molecule has 0 bridgehead atoms. The predicted molar refractivity (Wildman–Crippen MR) is 75.4 cm³/mol. The molecule has 0 aromatic rings. The van der Waals surface area contributed by atoms with Gasteiger partial charge in [0.2, 0.25) is 0 Å². The Labute approximate surface area is 118 Å². The molecule has 19 heavy (non-hydrogen) atoms. The molecule has 5 nitrogen and oxygen atoms in total. The van der Waals surface area contributed by atoms with Crippen LogP contribution in [0.1, 0.15) is 32.6 Å². The van der Waals surface area contributed by atoms with E-state index < -0.39 is 12.0 Å². The lowest BCUT2D eigenvalue weighted by Crippen LogP contribution is -2.54. The third-order valence-corrected chi connectivity index (χ3v) is 5.05. The summed E-state index contributed by atoms with van der Waals surface area (Å²) in [5.74, 6) is 0.400. The zero-order chi connectivity index (χ0) is 13.9. The second-order valence-corrected chi connectivity index (χ2v) is 6.68. The minimum Gasteiger partial charge on any atom is -0.480 e. The number of aliphatic carboxylic acids is 1. The van der Waals surface area contributed by atoms with Gasteiger partial charge >= 0.3 is 12.0 Å². The molecule has 2 fully saturated rings. The van der Waals surface area contributed by atoms with Crippen molar-refractivity contribution in [2.24, 2.45) is 5.41 Å². The van der Waals surface area contributed by atoms with Crippen molar-refractivity contribution >= 4 is 23.8 Å². The summed E-state index contributed by atoms with van der Waals surface area (Å²) in [5, 5.41) is 12.1. The van der Waals surface area contributed by atoms with Crippen molar-refractivity contribution in [1.29, 1.82) is 0 Å². The van der Waals surface area contributed by atoms with Gasteiger partial charge in [-0.2, -0.15) is 11.8 Å². The molecule has 0 aromatic carbocycles. The maximum absolute atomic E-state index is 12.1. The van der Waals surface area contributed by atoms with Gasteiger partial charge in [0.05, 0.1) is 0 Å². The smallest absolute Gasteiger partial charge is 0.327 e. The molecule has 2 rings (SSSR count). The van der Waals surface area contributed by atoms with E-state index >= 15 is 0 Å².